The molecule has 0 aliphatic heterocycles. The second-order valence-electron chi connectivity index (χ2n) is 4.43. The molecule has 8 heteroatoms. The third-order valence-corrected chi connectivity index (χ3v) is 6.22. The maximum atomic E-state index is 12.3. The van der Waals surface area contributed by atoms with Gasteiger partial charge in [-0.2, -0.15) is 0 Å². The fourth-order valence-corrected chi connectivity index (χ4v) is 4.58. The lowest BCUT2D eigenvalue weighted by molar-refractivity contribution is 0.0697. The summed E-state index contributed by atoms with van der Waals surface area (Å²) in [5.41, 5.74) is 1.10. The molecular formula is C13H12ClNO4S2. The third-order valence-electron chi connectivity index (χ3n) is 2.83. The highest BCUT2D eigenvalue weighted by atomic mass is 35.5. The van der Waals surface area contributed by atoms with Gasteiger partial charge in [0.25, 0.3) is 10.0 Å². The normalized spacial score (nSPS) is 11.4. The van der Waals surface area contributed by atoms with E-state index >= 15 is 0 Å². The topological polar surface area (TPSA) is 83.5 Å². The molecule has 0 aliphatic carbocycles. The number of nitrogens with one attached hydrogen (secondary N) is 1. The largest absolute Gasteiger partial charge is 0.478 e. The number of carboxylic acid groups (broad SMARTS) is 1. The van der Waals surface area contributed by atoms with Gasteiger partial charge in [0, 0.05) is 0 Å². The summed E-state index contributed by atoms with van der Waals surface area (Å²) in [5, 5.41) is 9.21. The molecule has 0 fully saturated rings. The Labute approximate surface area is 131 Å². The van der Waals surface area contributed by atoms with Crippen molar-refractivity contribution in [3.63, 3.8) is 0 Å². The Morgan fingerprint density at radius 2 is 1.95 bits per heavy atom. The van der Waals surface area contributed by atoms with E-state index in [1.807, 2.05) is 0 Å². The van der Waals surface area contributed by atoms with Gasteiger partial charge in [-0.3, -0.25) is 4.72 Å². The number of benzene rings is 1. The summed E-state index contributed by atoms with van der Waals surface area (Å²) in [7, 11) is -3.87. The molecule has 0 atom stereocenters. The highest BCUT2D eigenvalue weighted by Gasteiger charge is 2.22. The summed E-state index contributed by atoms with van der Waals surface area (Å²) in [6.45, 7) is 3.31. The lowest BCUT2D eigenvalue weighted by atomic mass is 10.1. The molecule has 0 bridgehead atoms. The molecule has 0 amide bonds. The van der Waals surface area contributed by atoms with E-state index in [9.17, 15) is 18.3 Å². The molecule has 0 aliphatic rings. The molecule has 0 saturated heterocycles. The van der Waals surface area contributed by atoms with Gasteiger partial charge in [0.15, 0.2) is 0 Å². The number of aromatic carboxylic acids is 1. The minimum Gasteiger partial charge on any atom is -0.478 e. The van der Waals surface area contributed by atoms with Crippen molar-refractivity contribution >= 4 is 44.6 Å². The monoisotopic (exact) mass is 345 g/mol. The van der Waals surface area contributed by atoms with E-state index in [2.05, 4.69) is 4.72 Å². The van der Waals surface area contributed by atoms with E-state index in [1.54, 1.807) is 26.0 Å². The van der Waals surface area contributed by atoms with Crippen LogP contribution in [0.2, 0.25) is 4.34 Å². The van der Waals surface area contributed by atoms with Crippen LogP contribution in [-0.4, -0.2) is 19.5 Å². The lowest BCUT2D eigenvalue weighted by Crippen LogP contribution is -2.15. The standard InChI is InChI=1S/C13H12ClNO4S2/c1-7-4-3-5-9(11(7)13(16)17)15-21(18,19)10-6-8(2)12(14)20-10/h3-6,15H,1-2H3,(H,16,17). The molecule has 2 aromatic rings. The number of aryl methyl sites for hydroxylation is 2. The van der Waals surface area contributed by atoms with Crippen LogP contribution in [0, 0.1) is 13.8 Å². The summed E-state index contributed by atoms with van der Waals surface area (Å²) >= 11 is 6.80. The Balaban J connectivity index is 2.47. The minimum atomic E-state index is -3.87. The number of rotatable bonds is 4. The number of carboxylic acids is 1. The van der Waals surface area contributed by atoms with Gasteiger partial charge in [0.2, 0.25) is 0 Å². The van der Waals surface area contributed by atoms with Gasteiger partial charge < -0.3 is 5.11 Å². The van der Waals surface area contributed by atoms with Crippen molar-refractivity contribution in [2.45, 2.75) is 18.1 Å². The maximum absolute atomic E-state index is 12.3. The van der Waals surface area contributed by atoms with Gasteiger partial charge in [0.1, 0.15) is 4.21 Å². The van der Waals surface area contributed by atoms with Crippen molar-refractivity contribution in [3.8, 4) is 0 Å². The number of anilines is 1. The Kier molecular flexibility index (Phi) is 4.27. The average molecular weight is 346 g/mol. The second kappa shape index (κ2) is 5.67. The molecule has 0 radical (unpaired) electrons. The first-order valence-corrected chi connectivity index (χ1v) is 8.52. The SMILES string of the molecule is Cc1cc(S(=O)(=O)Nc2cccc(C)c2C(=O)O)sc1Cl. The zero-order chi connectivity index (χ0) is 15.8. The van der Waals surface area contributed by atoms with E-state index in [-0.39, 0.29) is 15.5 Å². The van der Waals surface area contributed by atoms with Gasteiger partial charge >= 0.3 is 5.97 Å². The molecule has 0 spiro atoms. The highest BCUT2D eigenvalue weighted by molar-refractivity contribution is 7.94. The molecule has 112 valence electrons. The van der Waals surface area contributed by atoms with Crippen LogP contribution in [-0.2, 0) is 10.0 Å². The van der Waals surface area contributed by atoms with Gasteiger partial charge in [0.05, 0.1) is 15.6 Å². The van der Waals surface area contributed by atoms with Crippen molar-refractivity contribution in [2.24, 2.45) is 0 Å². The zero-order valence-electron chi connectivity index (χ0n) is 11.2. The number of hydrogen-bond acceptors (Lipinski definition) is 4. The summed E-state index contributed by atoms with van der Waals surface area (Å²) in [4.78, 5) is 11.3. The van der Waals surface area contributed by atoms with Crippen LogP contribution < -0.4 is 4.72 Å². The number of halogens is 1. The van der Waals surface area contributed by atoms with Crippen molar-refractivity contribution in [3.05, 3.63) is 45.3 Å². The fraction of sp³-hybridized carbons (Fsp3) is 0.154. The first-order valence-electron chi connectivity index (χ1n) is 5.84. The van der Waals surface area contributed by atoms with E-state index in [4.69, 9.17) is 11.6 Å². The molecule has 0 unspecified atom stereocenters. The summed E-state index contributed by atoms with van der Waals surface area (Å²) in [6, 6.07) is 6.06. The smallest absolute Gasteiger partial charge is 0.338 e. The van der Waals surface area contributed by atoms with E-state index in [0.717, 1.165) is 11.3 Å². The zero-order valence-corrected chi connectivity index (χ0v) is 13.6. The fourth-order valence-electron chi connectivity index (χ4n) is 1.80. The maximum Gasteiger partial charge on any atom is 0.338 e. The van der Waals surface area contributed by atoms with Gasteiger partial charge in [-0.1, -0.05) is 23.7 Å². The predicted molar refractivity (Wildman–Crippen MR) is 83.0 cm³/mol. The van der Waals surface area contributed by atoms with Crippen LogP contribution in [0.5, 0.6) is 0 Å². The molecule has 1 heterocycles. The average Bonchev–Trinajstić information content (AvgIpc) is 2.69. The predicted octanol–water partition coefficient (Wildman–Crippen LogP) is 3.52. The van der Waals surface area contributed by atoms with Crippen LogP contribution in [0.1, 0.15) is 21.5 Å². The van der Waals surface area contributed by atoms with E-state index in [1.165, 1.54) is 12.1 Å². The Morgan fingerprint density at radius 1 is 1.29 bits per heavy atom. The van der Waals surface area contributed by atoms with Crippen molar-refractivity contribution < 1.29 is 18.3 Å². The highest BCUT2D eigenvalue weighted by Crippen LogP contribution is 2.32. The van der Waals surface area contributed by atoms with Crippen molar-refractivity contribution in [1.82, 2.24) is 0 Å². The number of hydrogen-bond donors (Lipinski definition) is 2. The molecular weight excluding hydrogens is 334 g/mol. The molecule has 2 rings (SSSR count). The molecule has 2 N–H and O–H groups in total. The lowest BCUT2D eigenvalue weighted by Gasteiger charge is -2.11. The molecule has 5 nitrogen and oxygen atoms in total. The van der Waals surface area contributed by atoms with E-state index in [0.29, 0.717) is 15.5 Å². The first-order chi connectivity index (χ1) is 9.72. The molecule has 1 aromatic carbocycles. The van der Waals surface area contributed by atoms with Crippen molar-refractivity contribution in [2.75, 3.05) is 4.72 Å². The third kappa shape index (κ3) is 3.20. The number of thiophene rings is 1. The number of sulfonamides is 1. The molecule has 1 aromatic heterocycles. The second-order valence-corrected chi connectivity index (χ2v) is 7.99. The van der Waals surface area contributed by atoms with Crippen molar-refractivity contribution in [1.29, 1.82) is 0 Å². The van der Waals surface area contributed by atoms with Crippen LogP contribution in [0.15, 0.2) is 28.5 Å². The summed E-state index contributed by atoms with van der Waals surface area (Å²) in [6.07, 6.45) is 0. The molecule has 0 saturated carbocycles. The summed E-state index contributed by atoms with van der Waals surface area (Å²) in [5.74, 6) is -1.19. The van der Waals surface area contributed by atoms with E-state index < -0.39 is 16.0 Å². The summed E-state index contributed by atoms with van der Waals surface area (Å²) < 4.78 is 27.3. The number of carbonyl (C=O) groups is 1. The van der Waals surface area contributed by atoms with Gasteiger partial charge in [-0.15, -0.1) is 11.3 Å². The Bertz CT molecular complexity index is 792. The van der Waals surface area contributed by atoms with Crippen LogP contribution >= 0.6 is 22.9 Å². The van der Waals surface area contributed by atoms with Gasteiger partial charge in [-0.25, -0.2) is 13.2 Å². The quantitative estimate of drug-likeness (QED) is 0.888. The van der Waals surface area contributed by atoms with Crippen LogP contribution in [0.25, 0.3) is 0 Å². The van der Waals surface area contributed by atoms with Crippen LogP contribution in [0.3, 0.4) is 0 Å². The Hall–Kier alpha value is -1.57. The Morgan fingerprint density at radius 3 is 2.48 bits per heavy atom. The first kappa shape index (κ1) is 15.8. The minimum absolute atomic E-state index is 0.0321. The van der Waals surface area contributed by atoms with Crippen LogP contribution in [0.4, 0.5) is 5.69 Å². The van der Waals surface area contributed by atoms with Gasteiger partial charge in [-0.05, 0) is 37.1 Å². The molecule has 21 heavy (non-hydrogen) atoms.